The average molecular weight is 275 g/mol. The molecule has 4 nitrogen and oxygen atoms in total. The van der Waals surface area contributed by atoms with E-state index in [1.165, 1.54) is 0 Å². The van der Waals surface area contributed by atoms with Crippen LogP contribution in [0.4, 0.5) is 5.69 Å². The molecule has 2 heterocycles. The number of amides is 1. The highest BCUT2D eigenvalue weighted by Gasteiger charge is 2.23. The molecule has 0 fully saturated rings. The third-order valence-corrected chi connectivity index (χ3v) is 3.76. The Morgan fingerprint density at radius 3 is 2.43 bits per heavy atom. The second kappa shape index (κ2) is 4.12. The molecule has 4 heteroatoms. The summed E-state index contributed by atoms with van der Waals surface area (Å²) in [6, 6.07) is 11.6. The molecule has 3 aromatic rings. The number of nitrogens with zero attached hydrogens (tertiary/aromatic N) is 2. The molecule has 21 heavy (non-hydrogen) atoms. The van der Waals surface area contributed by atoms with Crippen molar-refractivity contribution in [2.75, 3.05) is 5.32 Å². The zero-order valence-corrected chi connectivity index (χ0v) is 11.8. The summed E-state index contributed by atoms with van der Waals surface area (Å²) in [6.07, 6.45) is 0. The lowest BCUT2D eigenvalue weighted by Crippen LogP contribution is -2.03. The first kappa shape index (κ1) is 12.0. The molecule has 2 aromatic carbocycles. The SMILES string of the molecule is Cc1cc(C)nc(-c2ccc3c4c(cccc24)NC3=O)n1. The zero-order chi connectivity index (χ0) is 14.6. The molecule has 0 saturated heterocycles. The summed E-state index contributed by atoms with van der Waals surface area (Å²) in [5.41, 5.74) is 4.41. The van der Waals surface area contributed by atoms with Gasteiger partial charge in [0.2, 0.25) is 0 Å². The first-order valence-corrected chi connectivity index (χ1v) is 6.83. The maximum Gasteiger partial charge on any atom is 0.256 e. The van der Waals surface area contributed by atoms with E-state index in [2.05, 4.69) is 15.3 Å². The Morgan fingerprint density at radius 1 is 0.952 bits per heavy atom. The van der Waals surface area contributed by atoms with Gasteiger partial charge in [0.1, 0.15) is 0 Å². The lowest BCUT2D eigenvalue weighted by molar-refractivity contribution is 0.103. The Balaban J connectivity index is 2.08. The molecule has 1 aliphatic heterocycles. The van der Waals surface area contributed by atoms with Crippen LogP contribution in [0.5, 0.6) is 0 Å². The van der Waals surface area contributed by atoms with Crippen LogP contribution in [0.1, 0.15) is 21.7 Å². The summed E-state index contributed by atoms with van der Waals surface area (Å²) in [4.78, 5) is 21.0. The Bertz CT molecular complexity index is 895. The number of aromatic nitrogens is 2. The van der Waals surface area contributed by atoms with Crippen molar-refractivity contribution < 1.29 is 4.79 Å². The molecule has 0 radical (unpaired) electrons. The molecule has 0 saturated carbocycles. The van der Waals surface area contributed by atoms with Crippen molar-refractivity contribution in [1.82, 2.24) is 9.97 Å². The van der Waals surface area contributed by atoms with Crippen LogP contribution in [-0.4, -0.2) is 15.9 Å². The molecule has 0 aliphatic carbocycles. The molecule has 0 unspecified atom stereocenters. The average Bonchev–Trinajstić information content (AvgIpc) is 2.76. The third-order valence-electron chi connectivity index (χ3n) is 3.76. The topological polar surface area (TPSA) is 54.9 Å². The van der Waals surface area contributed by atoms with E-state index in [1.807, 2.05) is 50.2 Å². The van der Waals surface area contributed by atoms with Crippen molar-refractivity contribution >= 4 is 22.4 Å². The maximum atomic E-state index is 12.0. The summed E-state index contributed by atoms with van der Waals surface area (Å²) < 4.78 is 0. The van der Waals surface area contributed by atoms with Gasteiger partial charge in [0.25, 0.3) is 5.91 Å². The molecule has 0 bridgehead atoms. The van der Waals surface area contributed by atoms with Crippen LogP contribution in [0, 0.1) is 13.8 Å². The van der Waals surface area contributed by atoms with Crippen molar-refractivity contribution in [3.8, 4) is 11.4 Å². The van der Waals surface area contributed by atoms with Gasteiger partial charge >= 0.3 is 0 Å². The van der Waals surface area contributed by atoms with Crippen LogP contribution < -0.4 is 5.32 Å². The van der Waals surface area contributed by atoms with E-state index in [0.29, 0.717) is 11.4 Å². The van der Waals surface area contributed by atoms with Gasteiger partial charge in [-0.2, -0.15) is 0 Å². The van der Waals surface area contributed by atoms with E-state index >= 15 is 0 Å². The predicted molar refractivity (Wildman–Crippen MR) is 82.4 cm³/mol. The van der Waals surface area contributed by atoms with Crippen LogP contribution in [0.25, 0.3) is 22.2 Å². The minimum absolute atomic E-state index is 0.0471. The van der Waals surface area contributed by atoms with Gasteiger partial charge < -0.3 is 5.32 Å². The molecule has 1 amide bonds. The molecule has 1 N–H and O–H groups in total. The van der Waals surface area contributed by atoms with Crippen molar-refractivity contribution in [3.05, 3.63) is 53.3 Å². The molecule has 0 spiro atoms. The van der Waals surface area contributed by atoms with Crippen LogP contribution in [-0.2, 0) is 0 Å². The van der Waals surface area contributed by atoms with Crippen LogP contribution in [0.2, 0.25) is 0 Å². The van der Waals surface area contributed by atoms with E-state index < -0.39 is 0 Å². The summed E-state index contributed by atoms with van der Waals surface area (Å²) >= 11 is 0. The molecule has 0 atom stereocenters. The number of benzene rings is 2. The summed E-state index contributed by atoms with van der Waals surface area (Å²) in [7, 11) is 0. The van der Waals surface area contributed by atoms with Crippen LogP contribution in [0.3, 0.4) is 0 Å². The normalized spacial score (nSPS) is 12.8. The van der Waals surface area contributed by atoms with E-state index in [9.17, 15) is 4.79 Å². The first-order chi connectivity index (χ1) is 10.1. The predicted octanol–water partition coefficient (Wildman–Crippen LogP) is 3.48. The van der Waals surface area contributed by atoms with Crippen LogP contribution in [0.15, 0.2) is 36.4 Å². The third kappa shape index (κ3) is 1.72. The number of nitrogens with one attached hydrogen (secondary N) is 1. The number of anilines is 1. The Labute approximate surface area is 121 Å². The van der Waals surface area contributed by atoms with Gasteiger partial charge in [-0.05, 0) is 43.5 Å². The van der Waals surface area contributed by atoms with Crippen molar-refractivity contribution in [2.24, 2.45) is 0 Å². The van der Waals surface area contributed by atoms with Gasteiger partial charge in [-0.3, -0.25) is 4.79 Å². The maximum absolute atomic E-state index is 12.0. The van der Waals surface area contributed by atoms with Gasteiger partial charge in [0.05, 0.1) is 0 Å². The quantitative estimate of drug-likeness (QED) is 0.739. The van der Waals surface area contributed by atoms with Gasteiger partial charge in [0.15, 0.2) is 5.82 Å². The van der Waals surface area contributed by atoms with Gasteiger partial charge in [-0.1, -0.05) is 12.1 Å². The number of hydrogen-bond donors (Lipinski definition) is 1. The lowest BCUT2D eigenvalue weighted by atomic mass is 9.99. The van der Waals surface area contributed by atoms with Gasteiger partial charge in [0, 0.05) is 33.6 Å². The van der Waals surface area contributed by atoms with E-state index in [4.69, 9.17) is 0 Å². The number of rotatable bonds is 1. The van der Waals surface area contributed by atoms with Crippen molar-refractivity contribution in [3.63, 3.8) is 0 Å². The van der Waals surface area contributed by atoms with Crippen molar-refractivity contribution in [1.29, 1.82) is 0 Å². The Morgan fingerprint density at radius 2 is 1.67 bits per heavy atom. The molecular weight excluding hydrogens is 262 g/mol. The molecule has 4 rings (SSSR count). The number of aryl methyl sites for hydroxylation is 2. The summed E-state index contributed by atoms with van der Waals surface area (Å²) in [6.45, 7) is 3.92. The summed E-state index contributed by atoms with van der Waals surface area (Å²) in [5, 5.41) is 4.86. The van der Waals surface area contributed by atoms with Crippen LogP contribution >= 0.6 is 0 Å². The van der Waals surface area contributed by atoms with E-state index in [1.54, 1.807) is 0 Å². The van der Waals surface area contributed by atoms with E-state index in [-0.39, 0.29) is 5.91 Å². The minimum Gasteiger partial charge on any atom is -0.321 e. The molecular formula is C17H13N3O. The number of carbonyl (C=O) groups is 1. The minimum atomic E-state index is -0.0471. The van der Waals surface area contributed by atoms with E-state index in [0.717, 1.165) is 33.4 Å². The Hall–Kier alpha value is -2.75. The fourth-order valence-electron chi connectivity index (χ4n) is 2.93. The molecule has 1 aliphatic rings. The molecule has 1 aromatic heterocycles. The zero-order valence-electron chi connectivity index (χ0n) is 11.8. The van der Waals surface area contributed by atoms with Crippen molar-refractivity contribution in [2.45, 2.75) is 13.8 Å². The van der Waals surface area contributed by atoms with Gasteiger partial charge in [-0.25, -0.2) is 9.97 Å². The Kier molecular flexibility index (Phi) is 2.36. The second-order valence-electron chi connectivity index (χ2n) is 5.32. The largest absolute Gasteiger partial charge is 0.321 e. The second-order valence-corrected chi connectivity index (χ2v) is 5.32. The highest BCUT2D eigenvalue weighted by Crippen LogP contribution is 2.37. The number of carbonyl (C=O) groups excluding carboxylic acids is 1. The van der Waals surface area contributed by atoms with Gasteiger partial charge in [-0.15, -0.1) is 0 Å². The number of hydrogen-bond acceptors (Lipinski definition) is 3. The molecule has 102 valence electrons. The smallest absolute Gasteiger partial charge is 0.256 e. The fraction of sp³-hybridized carbons (Fsp3) is 0.118. The lowest BCUT2D eigenvalue weighted by Gasteiger charge is -2.08. The fourth-order valence-corrected chi connectivity index (χ4v) is 2.93. The first-order valence-electron chi connectivity index (χ1n) is 6.83. The highest BCUT2D eigenvalue weighted by atomic mass is 16.1. The summed E-state index contributed by atoms with van der Waals surface area (Å²) in [5.74, 6) is 0.657. The monoisotopic (exact) mass is 275 g/mol. The highest BCUT2D eigenvalue weighted by molar-refractivity contribution is 6.25. The standard InChI is InChI=1S/C17H13N3O/c1-9-8-10(2)19-16(18-9)12-6-7-13-15-11(12)4-3-5-14(15)20-17(13)21/h3-8H,1-2H3,(H,20,21).